The van der Waals surface area contributed by atoms with Crippen LogP contribution in [0.3, 0.4) is 0 Å². The normalized spacial score (nSPS) is 17.6. The summed E-state index contributed by atoms with van der Waals surface area (Å²) in [5.74, 6) is -0.196. The SMILES string of the molecule is O=C(CN1CC2(CC2)n2c(cc3sc(Cl)cc32)C1=O)Nc1ncccn1. The van der Waals surface area contributed by atoms with Gasteiger partial charge in [0.15, 0.2) is 0 Å². The Labute approximate surface area is 157 Å². The van der Waals surface area contributed by atoms with Crippen molar-refractivity contribution in [3.05, 3.63) is 40.6 Å². The largest absolute Gasteiger partial charge is 0.328 e. The van der Waals surface area contributed by atoms with Gasteiger partial charge in [-0.2, -0.15) is 0 Å². The predicted octanol–water partition coefficient (Wildman–Crippen LogP) is 2.73. The van der Waals surface area contributed by atoms with Crippen LogP contribution in [0.5, 0.6) is 0 Å². The molecule has 26 heavy (non-hydrogen) atoms. The summed E-state index contributed by atoms with van der Waals surface area (Å²) in [5, 5.41) is 2.63. The number of rotatable bonds is 3. The molecule has 3 aromatic heterocycles. The van der Waals surface area contributed by atoms with E-state index in [9.17, 15) is 9.59 Å². The minimum Gasteiger partial charge on any atom is -0.328 e. The van der Waals surface area contributed by atoms with E-state index in [0.717, 1.165) is 27.4 Å². The van der Waals surface area contributed by atoms with Gasteiger partial charge < -0.3 is 9.47 Å². The van der Waals surface area contributed by atoms with E-state index < -0.39 is 0 Å². The van der Waals surface area contributed by atoms with Crippen LogP contribution >= 0.6 is 22.9 Å². The summed E-state index contributed by atoms with van der Waals surface area (Å²) in [7, 11) is 0. The fraction of sp³-hybridized carbons (Fsp3) is 0.294. The molecule has 1 aliphatic carbocycles. The van der Waals surface area contributed by atoms with Crippen molar-refractivity contribution < 1.29 is 9.59 Å². The van der Waals surface area contributed by atoms with E-state index in [4.69, 9.17) is 11.6 Å². The van der Waals surface area contributed by atoms with E-state index in [1.165, 1.54) is 11.3 Å². The van der Waals surface area contributed by atoms with Crippen LogP contribution in [-0.4, -0.2) is 44.3 Å². The van der Waals surface area contributed by atoms with Crippen LogP contribution in [0.4, 0.5) is 5.95 Å². The summed E-state index contributed by atoms with van der Waals surface area (Å²) >= 11 is 7.61. The highest BCUT2D eigenvalue weighted by Crippen LogP contribution is 2.51. The van der Waals surface area contributed by atoms with Crippen molar-refractivity contribution in [2.45, 2.75) is 18.4 Å². The Hall–Kier alpha value is -2.45. The Kier molecular flexibility index (Phi) is 3.35. The topological polar surface area (TPSA) is 80.1 Å². The molecular formula is C17H14ClN5O2S. The fourth-order valence-electron chi connectivity index (χ4n) is 3.65. The van der Waals surface area contributed by atoms with E-state index in [2.05, 4.69) is 19.9 Å². The molecule has 2 aliphatic rings. The van der Waals surface area contributed by atoms with Crippen molar-refractivity contribution in [3.8, 4) is 0 Å². The maximum Gasteiger partial charge on any atom is 0.271 e. The number of aromatic nitrogens is 3. The van der Waals surface area contributed by atoms with Gasteiger partial charge in [0.2, 0.25) is 11.9 Å². The fourth-order valence-corrected chi connectivity index (χ4v) is 4.80. The highest BCUT2D eigenvalue weighted by Gasteiger charge is 2.52. The molecule has 0 unspecified atom stereocenters. The molecule has 1 aliphatic heterocycles. The number of hydrogen-bond donors (Lipinski definition) is 1. The molecule has 9 heteroatoms. The number of thiophene rings is 1. The highest BCUT2D eigenvalue weighted by molar-refractivity contribution is 7.22. The first kappa shape index (κ1) is 15.8. The minimum absolute atomic E-state index is 0.0155. The number of nitrogens with zero attached hydrogens (tertiary/aromatic N) is 4. The van der Waals surface area contributed by atoms with Gasteiger partial charge in [-0.1, -0.05) is 11.6 Å². The van der Waals surface area contributed by atoms with Crippen LogP contribution in [0.25, 0.3) is 10.2 Å². The highest BCUT2D eigenvalue weighted by atomic mass is 35.5. The zero-order valence-corrected chi connectivity index (χ0v) is 15.2. The van der Waals surface area contributed by atoms with Gasteiger partial charge in [0.25, 0.3) is 5.91 Å². The second-order valence-electron chi connectivity index (χ2n) is 6.67. The lowest BCUT2D eigenvalue weighted by Crippen LogP contribution is -2.49. The van der Waals surface area contributed by atoms with E-state index in [0.29, 0.717) is 12.2 Å². The van der Waals surface area contributed by atoms with Crippen molar-refractivity contribution in [3.63, 3.8) is 0 Å². The molecule has 2 amide bonds. The molecule has 0 saturated heterocycles. The average molecular weight is 388 g/mol. The zero-order valence-electron chi connectivity index (χ0n) is 13.6. The smallest absolute Gasteiger partial charge is 0.271 e. The Morgan fingerprint density at radius 1 is 1.31 bits per heavy atom. The van der Waals surface area contributed by atoms with Crippen molar-refractivity contribution in [1.82, 2.24) is 19.4 Å². The van der Waals surface area contributed by atoms with E-state index >= 15 is 0 Å². The molecule has 7 nitrogen and oxygen atoms in total. The van der Waals surface area contributed by atoms with E-state index in [1.54, 1.807) is 23.4 Å². The predicted molar refractivity (Wildman–Crippen MR) is 98.6 cm³/mol. The van der Waals surface area contributed by atoms with Gasteiger partial charge in [0.1, 0.15) is 12.2 Å². The molecule has 4 heterocycles. The summed E-state index contributed by atoms with van der Waals surface area (Å²) in [6.45, 7) is 0.511. The van der Waals surface area contributed by atoms with Gasteiger partial charge in [0, 0.05) is 18.9 Å². The van der Waals surface area contributed by atoms with Crippen LogP contribution in [0, 0.1) is 0 Å². The Morgan fingerprint density at radius 3 is 2.81 bits per heavy atom. The third-order valence-electron chi connectivity index (χ3n) is 4.90. The van der Waals surface area contributed by atoms with Crippen molar-refractivity contribution in [1.29, 1.82) is 0 Å². The molecule has 1 saturated carbocycles. The van der Waals surface area contributed by atoms with Gasteiger partial charge in [-0.25, -0.2) is 9.97 Å². The first-order valence-electron chi connectivity index (χ1n) is 8.23. The summed E-state index contributed by atoms with van der Waals surface area (Å²) in [6.07, 6.45) is 5.09. The third-order valence-corrected chi connectivity index (χ3v) is 6.10. The standard InChI is InChI=1S/C17H14ClN5O2S/c18-13-7-10-12(26-13)6-11-15(25)22(9-17(2-3-17)23(10)11)8-14(24)21-16-19-4-1-5-20-16/h1,4-7H,2-3,8-9H2,(H,19,20,21,24). The monoisotopic (exact) mass is 387 g/mol. The molecule has 3 aromatic rings. The van der Waals surface area contributed by atoms with Gasteiger partial charge in [-0.15, -0.1) is 11.3 Å². The first-order valence-corrected chi connectivity index (χ1v) is 9.43. The van der Waals surface area contributed by atoms with Crippen molar-refractivity contribution in [2.24, 2.45) is 0 Å². The molecular weight excluding hydrogens is 374 g/mol. The summed E-state index contributed by atoms with van der Waals surface area (Å²) in [4.78, 5) is 34.8. The summed E-state index contributed by atoms with van der Waals surface area (Å²) in [5.41, 5.74) is 1.54. The van der Waals surface area contributed by atoms with Gasteiger partial charge in [0.05, 0.1) is 20.1 Å². The number of fused-ring (bicyclic) bond motifs is 4. The number of amides is 2. The van der Waals surface area contributed by atoms with Crippen LogP contribution in [0.2, 0.25) is 4.34 Å². The molecule has 1 spiro atoms. The van der Waals surface area contributed by atoms with Crippen molar-refractivity contribution in [2.75, 3.05) is 18.4 Å². The van der Waals surface area contributed by atoms with Crippen LogP contribution in [0.15, 0.2) is 30.6 Å². The van der Waals surface area contributed by atoms with Gasteiger partial charge >= 0.3 is 0 Å². The van der Waals surface area contributed by atoms with Crippen molar-refractivity contribution >= 4 is 50.9 Å². The summed E-state index contributed by atoms with van der Waals surface area (Å²) < 4.78 is 3.86. The van der Waals surface area contributed by atoms with E-state index in [1.807, 2.05) is 12.1 Å². The molecule has 0 atom stereocenters. The number of carbonyl (C=O) groups excluding carboxylic acids is 2. The number of carbonyl (C=O) groups is 2. The van der Waals surface area contributed by atoms with E-state index in [-0.39, 0.29) is 29.8 Å². The maximum atomic E-state index is 12.9. The molecule has 1 fully saturated rings. The number of nitrogens with one attached hydrogen (secondary N) is 1. The van der Waals surface area contributed by atoms with Gasteiger partial charge in [-0.3, -0.25) is 14.9 Å². The van der Waals surface area contributed by atoms with Crippen LogP contribution in [0.1, 0.15) is 23.3 Å². The van der Waals surface area contributed by atoms with Gasteiger partial charge in [-0.05, 0) is 31.0 Å². The number of anilines is 1. The molecule has 1 N–H and O–H groups in total. The lowest BCUT2D eigenvalue weighted by molar-refractivity contribution is -0.117. The van der Waals surface area contributed by atoms with Crippen LogP contribution < -0.4 is 5.32 Å². The quantitative estimate of drug-likeness (QED) is 0.749. The maximum absolute atomic E-state index is 12.9. The Bertz CT molecular complexity index is 1040. The zero-order chi connectivity index (χ0) is 17.9. The summed E-state index contributed by atoms with van der Waals surface area (Å²) in [6, 6.07) is 5.49. The van der Waals surface area contributed by atoms with Crippen LogP contribution in [-0.2, 0) is 10.3 Å². The Morgan fingerprint density at radius 2 is 2.08 bits per heavy atom. The molecule has 0 radical (unpaired) electrons. The lowest BCUT2D eigenvalue weighted by atomic mass is 10.1. The second-order valence-corrected chi connectivity index (χ2v) is 8.39. The minimum atomic E-state index is -0.301. The number of hydrogen-bond acceptors (Lipinski definition) is 5. The molecule has 5 rings (SSSR count). The molecule has 0 aromatic carbocycles. The number of halogens is 1. The second kappa shape index (κ2) is 5.52. The third kappa shape index (κ3) is 2.40. The Balaban J connectivity index is 1.43. The first-order chi connectivity index (χ1) is 12.6. The lowest BCUT2D eigenvalue weighted by Gasteiger charge is -2.35. The molecule has 132 valence electrons. The average Bonchev–Trinajstić information content (AvgIpc) is 3.14. The molecule has 0 bridgehead atoms.